The van der Waals surface area contributed by atoms with Crippen molar-refractivity contribution >= 4 is 18.3 Å². The molecule has 0 spiro atoms. The summed E-state index contributed by atoms with van der Waals surface area (Å²) in [4.78, 5) is 15.2. The van der Waals surface area contributed by atoms with Gasteiger partial charge in [-0.05, 0) is 37.3 Å². The molecule has 1 saturated heterocycles. The Bertz CT molecular complexity index is 880. The van der Waals surface area contributed by atoms with E-state index in [9.17, 15) is 4.79 Å². The highest BCUT2D eigenvalue weighted by Gasteiger charge is 2.35. The molecule has 1 aromatic carbocycles. The Labute approximate surface area is 177 Å². The van der Waals surface area contributed by atoms with Gasteiger partial charge in [-0.25, -0.2) is 0 Å². The average Bonchev–Trinajstić information content (AvgIpc) is 3.18. The van der Waals surface area contributed by atoms with Crippen molar-refractivity contribution in [2.45, 2.75) is 57.3 Å². The number of hydrogen-bond acceptors (Lipinski definition) is 5. The van der Waals surface area contributed by atoms with E-state index in [0.717, 1.165) is 50.7 Å². The third kappa shape index (κ3) is 3.79. The zero-order valence-corrected chi connectivity index (χ0v) is 17.5. The lowest BCUT2D eigenvalue weighted by molar-refractivity contribution is -0.135. The van der Waals surface area contributed by atoms with E-state index in [4.69, 9.17) is 4.74 Å². The van der Waals surface area contributed by atoms with Crippen LogP contribution in [0.3, 0.4) is 0 Å². The maximum atomic E-state index is 13.2. The molecule has 8 heteroatoms. The van der Waals surface area contributed by atoms with E-state index in [-0.39, 0.29) is 30.4 Å². The lowest BCUT2D eigenvalue weighted by atomic mass is 9.95. The third-order valence-electron chi connectivity index (χ3n) is 6.33. The van der Waals surface area contributed by atoms with Gasteiger partial charge in [-0.15, -0.1) is 22.6 Å². The number of aromatic nitrogens is 3. The molecule has 1 N–H and O–H groups in total. The molecule has 1 amide bonds. The van der Waals surface area contributed by atoms with E-state index in [1.165, 1.54) is 11.1 Å². The fourth-order valence-corrected chi connectivity index (χ4v) is 4.81. The van der Waals surface area contributed by atoms with Gasteiger partial charge in [-0.3, -0.25) is 4.79 Å². The molecule has 5 rings (SSSR count). The molecule has 1 fully saturated rings. The number of carbonyl (C=O) groups excluding carboxylic acids is 1. The molecule has 2 atom stereocenters. The van der Waals surface area contributed by atoms with Crippen molar-refractivity contribution in [3.05, 3.63) is 47.0 Å². The molecular formula is C21H28ClN5O2. The van der Waals surface area contributed by atoms with Gasteiger partial charge in [0.05, 0.1) is 18.6 Å². The first kappa shape index (κ1) is 20.3. The van der Waals surface area contributed by atoms with Gasteiger partial charge in [0.2, 0.25) is 5.91 Å². The molecule has 1 aromatic heterocycles. The lowest BCUT2D eigenvalue weighted by Crippen LogP contribution is -2.52. The number of nitrogens with one attached hydrogen (secondary N) is 1. The van der Waals surface area contributed by atoms with Gasteiger partial charge in [-0.2, -0.15) is 0 Å². The predicted molar refractivity (Wildman–Crippen MR) is 111 cm³/mol. The summed E-state index contributed by atoms with van der Waals surface area (Å²) in [7, 11) is 0. The van der Waals surface area contributed by atoms with Crippen LogP contribution in [0.5, 0.6) is 0 Å². The summed E-state index contributed by atoms with van der Waals surface area (Å²) >= 11 is 0. The maximum absolute atomic E-state index is 13.2. The predicted octanol–water partition coefficient (Wildman–Crippen LogP) is 2.21. The number of carbonyl (C=O) groups is 1. The maximum Gasteiger partial charge on any atom is 0.240 e. The minimum absolute atomic E-state index is 0. The van der Waals surface area contributed by atoms with Crippen molar-refractivity contribution in [2.75, 3.05) is 19.8 Å². The highest BCUT2D eigenvalue weighted by molar-refractivity contribution is 5.85. The number of benzene rings is 1. The van der Waals surface area contributed by atoms with Crippen LogP contribution in [0, 0.1) is 0 Å². The second-order valence-corrected chi connectivity index (χ2v) is 8.21. The van der Waals surface area contributed by atoms with Crippen LogP contribution >= 0.6 is 12.4 Å². The van der Waals surface area contributed by atoms with E-state index in [0.29, 0.717) is 19.0 Å². The molecule has 4 heterocycles. The molecule has 0 aliphatic carbocycles. The molecule has 0 radical (unpaired) electrons. The van der Waals surface area contributed by atoms with Gasteiger partial charge >= 0.3 is 0 Å². The van der Waals surface area contributed by atoms with Crippen molar-refractivity contribution in [2.24, 2.45) is 0 Å². The van der Waals surface area contributed by atoms with E-state index < -0.39 is 0 Å². The summed E-state index contributed by atoms with van der Waals surface area (Å²) in [5, 5.41) is 12.4. The Balaban J connectivity index is 0.00000205. The normalized spacial score (nSPS) is 24.4. The zero-order chi connectivity index (χ0) is 19.1. The van der Waals surface area contributed by atoms with Gasteiger partial charge in [0.1, 0.15) is 5.82 Å². The van der Waals surface area contributed by atoms with E-state index in [1.807, 2.05) is 4.90 Å². The first-order valence-corrected chi connectivity index (χ1v) is 10.3. The number of ether oxygens (including phenoxy) is 1. The molecular weight excluding hydrogens is 390 g/mol. The molecule has 29 heavy (non-hydrogen) atoms. The van der Waals surface area contributed by atoms with Crippen molar-refractivity contribution in [1.29, 1.82) is 0 Å². The molecule has 3 aliphatic heterocycles. The number of halogens is 1. The molecule has 0 bridgehead atoms. The van der Waals surface area contributed by atoms with Crippen molar-refractivity contribution in [3.8, 4) is 0 Å². The fraction of sp³-hybridized carbons (Fsp3) is 0.571. The van der Waals surface area contributed by atoms with Gasteiger partial charge in [0.25, 0.3) is 0 Å². The number of amides is 1. The van der Waals surface area contributed by atoms with Crippen LogP contribution in [0.1, 0.15) is 54.5 Å². The molecule has 7 nitrogen and oxygen atoms in total. The second kappa shape index (κ2) is 8.42. The lowest BCUT2D eigenvalue weighted by Gasteiger charge is -2.37. The van der Waals surface area contributed by atoms with Gasteiger partial charge in [-0.1, -0.05) is 24.3 Å². The van der Waals surface area contributed by atoms with Crippen LogP contribution in [0.25, 0.3) is 0 Å². The molecule has 3 aliphatic rings. The Morgan fingerprint density at radius 2 is 1.93 bits per heavy atom. The van der Waals surface area contributed by atoms with Gasteiger partial charge in [0.15, 0.2) is 5.82 Å². The number of rotatable bonds is 2. The molecule has 0 saturated carbocycles. The first-order valence-electron chi connectivity index (χ1n) is 10.3. The number of hydrogen-bond donors (Lipinski definition) is 1. The van der Waals surface area contributed by atoms with Crippen molar-refractivity contribution in [1.82, 2.24) is 25.0 Å². The number of nitrogens with zero attached hydrogens (tertiary/aromatic N) is 4. The summed E-state index contributed by atoms with van der Waals surface area (Å²) in [5.74, 6) is 2.56. The SMILES string of the molecule is C[C@H]1CN(C(=O)[C@H]2Cc3ccccc3CN2)Cc2nnc(C3CCOCC3)n21.Cl. The van der Waals surface area contributed by atoms with Crippen LogP contribution in [0.4, 0.5) is 0 Å². The minimum Gasteiger partial charge on any atom is -0.381 e. The summed E-state index contributed by atoms with van der Waals surface area (Å²) < 4.78 is 7.76. The Kier molecular flexibility index (Phi) is 5.90. The van der Waals surface area contributed by atoms with Gasteiger partial charge in [0, 0.05) is 32.2 Å². The Morgan fingerprint density at radius 3 is 2.72 bits per heavy atom. The van der Waals surface area contributed by atoms with Crippen LogP contribution in [-0.4, -0.2) is 51.4 Å². The fourth-order valence-electron chi connectivity index (χ4n) is 4.81. The standard InChI is InChI=1S/C21H27N5O2.ClH/c1-14-12-25(21(27)18-10-16-4-2-3-5-17(16)11-22-18)13-19-23-24-20(26(14)19)15-6-8-28-9-7-15;/h2-5,14-15,18,22H,6-13H2,1H3;1H/t14-,18+;/m0./s1. The third-order valence-corrected chi connectivity index (χ3v) is 6.33. The molecule has 0 unspecified atom stereocenters. The van der Waals surface area contributed by atoms with Crippen LogP contribution in [0.15, 0.2) is 24.3 Å². The smallest absolute Gasteiger partial charge is 0.240 e. The van der Waals surface area contributed by atoms with Crippen molar-refractivity contribution in [3.63, 3.8) is 0 Å². The first-order chi connectivity index (χ1) is 13.7. The quantitative estimate of drug-likeness (QED) is 0.811. The second-order valence-electron chi connectivity index (χ2n) is 8.21. The molecule has 2 aromatic rings. The summed E-state index contributed by atoms with van der Waals surface area (Å²) in [6, 6.07) is 8.40. The highest BCUT2D eigenvalue weighted by atomic mass is 35.5. The van der Waals surface area contributed by atoms with Crippen LogP contribution in [-0.2, 0) is 29.0 Å². The monoisotopic (exact) mass is 417 g/mol. The average molecular weight is 418 g/mol. The number of fused-ring (bicyclic) bond motifs is 2. The largest absolute Gasteiger partial charge is 0.381 e. The molecule has 156 valence electrons. The Morgan fingerprint density at radius 1 is 1.17 bits per heavy atom. The van der Waals surface area contributed by atoms with Crippen molar-refractivity contribution < 1.29 is 9.53 Å². The topological polar surface area (TPSA) is 72.3 Å². The van der Waals surface area contributed by atoms with E-state index in [2.05, 4.69) is 51.3 Å². The minimum atomic E-state index is -0.161. The summed E-state index contributed by atoms with van der Waals surface area (Å²) in [5.41, 5.74) is 2.56. The summed E-state index contributed by atoms with van der Waals surface area (Å²) in [6.07, 6.45) is 2.75. The van der Waals surface area contributed by atoms with E-state index in [1.54, 1.807) is 0 Å². The highest BCUT2D eigenvalue weighted by Crippen LogP contribution is 2.31. The summed E-state index contributed by atoms with van der Waals surface area (Å²) in [6.45, 7) is 5.75. The van der Waals surface area contributed by atoms with Gasteiger partial charge < -0.3 is 19.5 Å². The zero-order valence-electron chi connectivity index (χ0n) is 16.7. The van der Waals surface area contributed by atoms with E-state index >= 15 is 0 Å². The van der Waals surface area contributed by atoms with Crippen LogP contribution < -0.4 is 5.32 Å². The van der Waals surface area contributed by atoms with Crippen LogP contribution in [0.2, 0.25) is 0 Å². The Hall–Kier alpha value is -1.96.